The lowest BCUT2D eigenvalue weighted by molar-refractivity contribution is -0.124. The molecule has 1 aromatic rings. The average molecular weight is 226 g/mol. The van der Waals surface area contributed by atoms with Gasteiger partial charge in [0.25, 0.3) is 0 Å². The number of nitrogens with zero attached hydrogens (tertiary/aromatic N) is 3. The van der Waals surface area contributed by atoms with Crippen molar-refractivity contribution in [3.05, 3.63) is 11.9 Å². The summed E-state index contributed by atoms with van der Waals surface area (Å²) in [6.07, 6.45) is 2.08. The van der Waals surface area contributed by atoms with Gasteiger partial charge in [-0.25, -0.2) is 9.48 Å². The topological polar surface area (TPSA) is 97.1 Å². The lowest BCUT2D eigenvalue weighted by atomic mass is 10.3. The van der Waals surface area contributed by atoms with E-state index in [1.165, 1.54) is 10.9 Å². The second-order valence-electron chi connectivity index (χ2n) is 3.36. The molecule has 0 aliphatic heterocycles. The summed E-state index contributed by atoms with van der Waals surface area (Å²) < 4.78 is 1.23. The molecule has 16 heavy (non-hydrogen) atoms. The van der Waals surface area contributed by atoms with Crippen molar-refractivity contribution in [1.29, 1.82) is 0 Å². The van der Waals surface area contributed by atoms with E-state index in [4.69, 9.17) is 5.11 Å². The molecule has 1 aromatic heterocycles. The van der Waals surface area contributed by atoms with Gasteiger partial charge in [0.1, 0.15) is 6.04 Å². The first kappa shape index (κ1) is 12.2. The highest BCUT2D eigenvalue weighted by Gasteiger charge is 2.17. The Morgan fingerprint density at radius 2 is 2.31 bits per heavy atom. The van der Waals surface area contributed by atoms with Gasteiger partial charge < -0.3 is 10.4 Å². The Balaban J connectivity index is 2.68. The van der Waals surface area contributed by atoms with E-state index in [0.717, 1.165) is 6.42 Å². The number of nitrogens with one attached hydrogen (secondary N) is 1. The number of rotatable bonds is 5. The first-order valence-electron chi connectivity index (χ1n) is 4.99. The minimum absolute atomic E-state index is 0.171. The highest BCUT2D eigenvalue weighted by molar-refractivity contribution is 5.85. The molecule has 0 fully saturated rings. The molecule has 0 spiro atoms. The summed E-state index contributed by atoms with van der Waals surface area (Å²) in [7, 11) is 0. The van der Waals surface area contributed by atoms with Crippen molar-refractivity contribution >= 4 is 11.9 Å². The zero-order chi connectivity index (χ0) is 12.1. The minimum Gasteiger partial charge on any atom is -0.476 e. The lowest BCUT2D eigenvalue weighted by Crippen LogP contribution is -2.31. The summed E-state index contributed by atoms with van der Waals surface area (Å²) in [4.78, 5) is 22.1. The third kappa shape index (κ3) is 2.78. The SMILES string of the molecule is CCCNC(=O)C(C)n1cc(C(=O)O)nn1. The first-order chi connectivity index (χ1) is 7.56. The van der Waals surface area contributed by atoms with Gasteiger partial charge in [0.05, 0.1) is 6.20 Å². The number of carboxylic acid groups (broad SMARTS) is 1. The Bertz CT molecular complexity index is 388. The Morgan fingerprint density at radius 1 is 1.62 bits per heavy atom. The number of amides is 1. The molecule has 0 radical (unpaired) electrons. The molecule has 0 aliphatic rings. The zero-order valence-electron chi connectivity index (χ0n) is 9.17. The number of carbonyl (C=O) groups excluding carboxylic acids is 1. The van der Waals surface area contributed by atoms with Crippen LogP contribution in [-0.2, 0) is 4.79 Å². The van der Waals surface area contributed by atoms with E-state index in [0.29, 0.717) is 6.54 Å². The fourth-order valence-electron chi connectivity index (χ4n) is 1.08. The van der Waals surface area contributed by atoms with Gasteiger partial charge in [0.15, 0.2) is 5.69 Å². The van der Waals surface area contributed by atoms with Gasteiger partial charge in [-0.3, -0.25) is 4.79 Å². The van der Waals surface area contributed by atoms with Crippen molar-refractivity contribution in [3.8, 4) is 0 Å². The molecule has 0 aliphatic carbocycles. The predicted octanol–water partition coefficient (Wildman–Crippen LogP) is 0.0635. The number of aromatic carboxylic acids is 1. The van der Waals surface area contributed by atoms with Crippen molar-refractivity contribution in [3.63, 3.8) is 0 Å². The molecule has 0 saturated heterocycles. The highest BCUT2D eigenvalue weighted by atomic mass is 16.4. The maximum atomic E-state index is 11.5. The smallest absolute Gasteiger partial charge is 0.358 e. The Morgan fingerprint density at radius 3 is 2.81 bits per heavy atom. The molecular formula is C9H14N4O3. The van der Waals surface area contributed by atoms with Gasteiger partial charge in [-0.1, -0.05) is 12.1 Å². The van der Waals surface area contributed by atoms with Crippen molar-refractivity contribution in [2.45, 2.75) is 26.3 Å². The Labute approximate surface area is 92.4 Å². The molecule has 1 unspecified atom stereocenters. The van der Waals surface area contributed by atoms with E-state index >= 15 is 0 Å². The summed E-state index contributed by atoms with van der Waals surface area (Å²) in [5, 5.41) is 18.4. The van der Waals surface area contributed by atoms with Crippen LogP contribution in [0.2, 0.25) is 0 Å². The van der Waals surface area contributed by atoms with Gasteiger partial charge >= 0.3 is 5.97 Å². The fourth-order valence-corrected chi connectivity index (χ4v) is 1.08. The molecule has 7 heteroatoms. The van der Waals surface area contributed by atoms with Gasteiger partial charge in [-0.2, -0.15) is 0 Å². The summed E-state index contributed by atoms with van der Waals surface area (Å²) >= 11 is 0. The number of hydrogen-bond acceptors (Lipinski definition) is 4. The number of carbonyl (C=O) groups is 2. The van der Waals surface area contributed by atoms with Crippen LogP contribution in [0.5, 0.6) is 0 Å². The van der Waals surface area contributed by atoms with E-state index in [2.05, 4.69) is 15.6 Å². The van der Waals surface area contributed by atoms with E-state index in [1.54, 1.807) is 6.92 Å². The summed E-state index contributed by atoms with van der Waals surface area (Å²) in [5.41, 5.74) is -0.171. The van der Waals surface area contributed by atoms with Crippen LogP contribution >= 0.6 is 0 Å². The van der Waals surface area contributed by atoms with Gasteiger partial charge in [-0.05, 0) is 13.3 Å². The van der Waals surface area contributed by atoms with Gasteiger partial charge in [-0.15, -0.1) is 5.10 Å². The third-order valence-electron chi connectivity index (χ3n) is 2.05. The second kappa shape index (κ2) is 5.24. The van der Waals surface area contributed by atoms with Gasteiger partial charge in [0, 0.05) is 6.54 Å². The predicted molar refractivity (Wildman–Crippen MR) is 55.0 cm³/mol. The average Bonchev–Trinajstić information content (AvgIpc) is 2.74. The molecule has 0 bridgehead atoms. The normalized spacial score (nSPS) is 12.1. The standard InChI is InChI=1S/C9H14N4O3/c1-3-4-10-8(14)6(2)13-5-7(9(15)16)11-12-13/h5-6H,3-4H2,1-2H3,(H,10,14)(H,15,16). The van der Waals surface area contributed by atoms with Crippen LogP contribution in [0.3, 0.4) is 0 Å². The van der Waals surface area contributed by atoms with Crippen LogP contribution in [-0.4, -0.2) is 38.5 Å². The molecule has 0 saturated carbocycles. The van der Waals surface area contributed by atoms with Crippen LogP contribution in [0, 0.1) is 0 Å². The molecule has 2 N–H and O–H groups in total. The molecule has 1 atom stereocenters. The Kier molecular flexibility index (Phi) is 3.98. The maximum Gasteiger partial charge on any atom is 0.358 e. The molecule has 1 rings (SSSR count). The first-order valence-corrected chi connectivity index (χ1v) is 4.99. The van der Waals surface area contributed by atoms with Crippen molar-refractivity contribution < 1.29 is 14.7 Å². The largest absolute Gasteiger partial charge is 0.476 e. The highest BCUT2D eigenvalue weighted by Crippen LogP contribution is 2.04. The van der Waals surface area contributed by atoms with Crippen LogP contribution in [0.4, 0.5) is 0 Å². The fraction of sp³-hybridized carbons (Fsp3) is 0.556. The number of aromatic nitrogens is 3. The maximum absolute atomic E-state index is 11.5. The van der Waals surface area contributed by atoms with E-state index in [9.17, 15) is 9.59 Å². The van der Waals surface area contributed by atoms with Crippen molar-refractivity contribution in [2.24, 2.45) is 0 Å². The number of carboxylic acids is 1. The minimum atomic E-state index is -1.16. The van der Waals surface area contributed by atoms with Crippen molar-refractivity contribution in [1.82, 2.24) is 20.3 Å². The van der Waals surface area contributed by atoms with Crippen LogP contribution in [0.25, 0.3) is 0 Å². The molecule has 0 aromatic carbocycles. The molecular weight excluding hydrogens is 212 g/mol. The summed E-state index contributed by atoms with van der Waals surface area (Å²) in [6, 6.07) is -0.563. The Hall–Kier alpha value is -1.92. The molecule has 1 amide bonds. The van der Waals surface area contributed by atoms with Crippen LogP contribution in [0.1, 0.15) is 36.8 Å². The van der Waals surface area contributed by atoms with E-state index in [-0.39, 0.29) is 11.6 Å². The molecule has 1 heterocycles. The summed E-state index contributed by atoms with van der Waals surface area (Å²) in [6.45, 7) is 4.16. The monoisotopic (exact) mass is 226 g/mol. The van der Waals surface area contributed by atoms with Crippen LogP contribution < -0.4 is 5.32 Å². The van der Waals surface area contributed by atoms with Crippen LogP contribution in [0.15, 0.2) is 6.20 Å². The number of hydrogen-bond donors (Lipinski definition) is 2. The molecule has 88 valence electrons. The summed E-state index contributed by atoms with van der Waals surface area (Å²) in [5.74, 6) is -1.36. The zero-order valence-corrected chi connectivity index (χ0v) is 9.17. The quantitative estimate of drug-likeness (QED) is 0.740. The second-order valence-corrected chi connectivity index (χ2v) is 3.36. The van der Waals surface area contributed by atoms with Gasteiger partial charge in [0.2, 0.25) is 5.91 Å². The third-order valence-corrected chi connectivity index (χ3v) is 2.05. The molecule has 7 nitrogen and oxygen atoms in total. The van der Waals surface area contributed by atoms with E-state index in [1.807, 2.05) is 6.92 Å². The lowest BCUT2D eigenvalue weighted by Gasteiger charge is -2.10. The van der Waals surface area contributed by atoms with Crippen molar-refractivity contribution in [2.75, 3.05) is 6.54 Å². The van der Waals surface area contributed by atoms with E-state index < -0.39 is 12.0 Å².